The minimum absolute atomic E-state index is 0.0937. The van der Waals surface area contributed by atoms with Gasteiger partial charge in [-0.3, -0.25) is 9.88 Å². The van der Waals surface area contributed by atoms with Gasteiger partial charge in [0.05, 0.1) is 0 Å². The standard InChI is InChI=1S/C11H14NO2P/c13-11(14)10(12-15)9-6-5-7-3-1-2-4-8(7)9/h1-4,9-10,12H,5-6,15H2,(H,13,14). The van der Waals surface area contributed by atoms with Crippen LogP contribution in [0.5, 0.6) is 0 Å². The highest BCUT2D eigenvalue weighted by Crippen LogP contribution is 2.35. The average Bonchev–Trinajstić information content (AvgIpc) is 2.63. The first kappa shape index (κ1) is 10.6. The fraction of sp³-hybridized carbons (Fsp3) is 0.364. The Labute approximate surface area is 91.1 Å². The second-order valence-electron chi connectivity index (χ2n) is 3.83. The maximum Gasteiger partial charge on any atom is 0.321 e. The lowest BCUT2D eigenvalue weighted by atomic mass is 9.94. The summed E-state index contributed by atoms with van der Waals surface area (Å²) in [5, 5.41) is 11.9. The molecular weight excluding hydrogens is 209 g/mol. The zero-order valence-corrected chi connectivity index (χ0v) is 9.47. The number of aryl methyl sites for hydroxylation is 1. The Bertz CT molecular complexity index is 381. The van der Waals surface area contributed by atoms with E-state index in [1.54, 1.807) is 0 Å². The molecule has 3 nitrogen and oxygen atoms in total. The van der Waals surface area contributed by atoms with Crippen molar-refractivity contribution in [3.05, 3.63) is 35.4 Å². The van der Waals surface area contributed by atoms with Gasteiger partial charge in [0.25, 0.3) is 0 Å². The summed E-state index contributed by atoms with van der Waals surface area (Å²) in [7, 11) is 2.30. The van der Waals surface area contributed by atoms with Crippen LogP contribution in [0.25, 0.3) is 0 Å². The van der Waals surface area contributed by atoms with Gasteiger partial charge in [-0.15, -0.1) is 0 Å². The van der Waals surface area contributed by atoms with Gasteiger partial charge in [-0.05, 0) is 24.0 Å². The highest BCUT2D eigenvalue weighted by atomic mass is 31.0. The zero-order chi connectivity index (χ0) is 10.8. The molecule has 15 heavy (non-hydrogen) atoms. The summed E-state index contributed by atoms with van der Waals surface area (Å²) in [5.74, 6) is -0.692. The van der Waals surface area contributed by atoms with Crippen molar-refractivity contribution in [2.75, 3.05) is 0 Å². The Kier molecular flexibility index (Phi) is 3.03. The van der Waals surface area contributed by atoms with Gasteiger partial charge in [-0.1, -0.05) is 33.7 Å². The molecule has 2 rings (SSSR count). The number of carboxylic acid groups (broad SMARTS) is 1. The van der Waals surface area contributed by atoms with Gasteiger partial charge >= 0.3 is 5.97 Å². The molecule has 0 amide bonds. The van der Waals surface area contributed by atoms with Crippen LogP contribution in [0.2, 0.25) is 0 Å². The molecule has 0 spiro atoms. The van der Waals surface area contributed by atoms with Crippen molar-refractivity contribution in [2.24, 2.45) is 0 Å². The molecule has 0 saturated heterocycles. The third kappa shape index (κ3) is 1.90. The molecule has 0 saturated carbocycles. The van der Waals surface area contributed by atoms with E-state index in [0.29, 0.717) is 0 Å². The largest absolute Gasteiger partial charge is 0.480 e. The van der Waals surface area contributed by atoms with Gasteiger partial charge in [-0.2, -0.15) is 0 Å². The second kappa shape index (κ2) is 4.30. The number of carbonyl (C=O) groups is 1. The van der Waals surface area contributed by atoms with Gasteiger partial charge in [0.1, 0.15) is 6.04 Å². The van der Waals surface area contributed by atoms with Crippen LogP contribution >= 0.6 is 9.39 Å². The van der Waals surface area contributed by atoms with E-state index in [4.69, 9.17) is 5.11 Å². The number of hydrogen-bond acceptors (Lipinski definition) is 2. The van der Waals surface area contributed by atoms with Crippen molar-refractivity contribution >= 4 is 15.4 Å². The van der Waals surface area contributed by atoms with Crippen LogP contribution in [0.15, 0.2) is 24.3 Å². The van der Waals surface area contributed by atoms with Crippen LogP contribution in [0.3, 0.4) is 0 Å². The van der Waals surface area contributed by atoms with E-state index >= 15 is 0 Å². The van der Waals surface area contributed by atoms with Crippen molar-refractivity contribution in [1.82, 2.24) is 5.09 Å². The molecule has 0 aromatic heterocycles. The van der Waals surface area contributed by atoms with Crippen molar-refractivity contribution in [3.63, 3.8) is 0 Å². The number of fused-ring (bicyclic) bond motifs is 1. The minimum atomic E-state index is -0.785. The maximum atomic E-state index is 11.1. The van der Waals surface area contributed by atoms with Crippen molar-refractivity contribution in [1.29, 1.82) is 0 Å². The van der Waals surface area contributed by atoms with Crippen molar-refractivity contribution in [3.8, 4) is 0 Å². The van der Waals surface area contributed by atoms with Gasteiger partial charge in [-0.25, -0.2) is 0 Å². The molecule has 1 aliphatic carbocycles. The Hall–Kier alpha value is -0.920. The van der Waals surface area contributed by atoms with Gasteiger partial charge in [0.15, 0.2) is 0 Å². The van der Waals surface area contributed by atoms with E-state index in [1.807, 2.05) is 18.2 Å². The Balaban J connectivity index is 2.30. The maximum absolute atomic E-state index is 11.1. The van der Waals surface area contributed by atoms with E-state index in [1.165, 1.54) is 11.1 Å². The summed E-state index contributed by atoms with van der Waals surface area (Å²) >= 11 is 0. The molecule has 4 heteroatoms. The van der Waals surface area contributed by atoms with E-state index in [9.17, 15) is 4.79 Å². The summed E-state index contributed by atoms with van der Waals surface area (Å²) in [5.41, 5.74) is 2.47. The van der Waals surface area contributed by atoms with Crippen LogP contribution in [-0.4, -0.2) is 17.1 Å². The highest BCUT2D eigenvalue weighted by Gasteiger charge is 2.32. The van der Waals surface area contributed by atoms with Gasteiger partial charge in [0, 0.05) is 5.92 Å². The van der Waals surface area contributed by atoms with Gasteiger partial charge in [0.2, 0.25) is 0 Å². The summed E-state index contributed by atoms with van der Waals surface area (Å²) in [4.78, 5) is 11.1. The number of aliphatic carboxylic acids is 1. The van der Waals surface area contributed by atoms with E-state index in [0.717, 1.165) is 12.8 Å². The molecule has 2 N–H and O–H groups in total. The lowest BCUT2D eigenvalue weighted by Crippen LogP contribution is -2.35. The molecule has 3 unspecified atom stereocenters. The Morgan fingerprint density at radius 3 is 2.93 bits per heavy atom. The number of benzene rings is 1. The average molecular weight is 223 g/mol. The van der Waals surface area contributed by atoms with Gasteiger partial charge < -0.3 is 5.11 Å². The zero-order valence-electron chi connectivity index (χ0n) is 8.31. The fourth-order valence-corrected chi connectivity index (χ4v) is 2.67. The second-order valence-corrected chi connectivity index (χ2v) is 4.16. The van der Waals surface area contributed by atoms with Crippen LogP contribution < -0.4 is 5.09 Å². The van der Waals surface area contributed by atoms with E-state index in [-0.39, 0.29) is 5.92 Å². The lowest BCUT2D eigenvalue weighted by Gasteiger charge is -2.19. The summed E-state index contributed by atoms with van der Waals surface area (Å²) in [6.07, 6.45) is 1.90. The number of carboxylic acids is 1. The first-order chi connectivity index (χ1) is 7.24. The van der Waals surface area contributed by atoms with E-state index < -0.39 is 12.0 Å². The third-order valence-electron chi connectivity index (χ3n) is 3.03. The summed E-state index contributed by atoms with van der Waals surface area (Å²) in [6, 6.07) is 7.59. The van der Waals surface area contributed by atoms with Crippen molar-refractivity contribution < 1.29 is 9.90 Å². The molecule has 1 aliphatic rings. The fourth-order valence-electron chi connectivity index (χ4n) is 2.30. The molecule has 1 aromatic carbocycles. The first-order valence-electron chi connectivity index (χ1n) is 5.00. The topological polar surface area (TPSA) is 49.3 Å². The SMILES string of the molecule is O=C(O)C(NP)C1CCc2ccccc21. The molecule has 1 aromatic rings. The van der Waals surface area contributed by atoms with Crippen molar-refractivity contribution in [2.45, 2.75) is 24.8 Å². The van der Waals surface area contributed by atoms with Crippen LogP contribution in [-0.2, 0) is 11.2 Å². The molecule has 0 aliphatic heterocycles. The number of nitrogens with one attached hydrogen (secondary N) is 1. The quantitative estimate of drug-likeness (QED) is 0.764. The van der Waals surface area contributed by atoms with Crippen LogP contribution in [0, 0.1) is 0 Å². The van der Waals surface area contributed by atoms with E-state index in [2.05, 4.69) is 20.5 Å². The molecule has 80 valence electrons. The predicted octanol–water partition coefficient (Wildman–Crippen LogP) is 1.55. The first-order valence-corrected chi connectivity index (χ1v) is 5.58. The Morgan fingerprint density at radius 2 is 2.27 bits per heavy atom. The number of rotatable bonds is 3. The smallest absolute Gasteiger partial charge is 0.321 e. The van der Waals surface area contributed by atoms with Crippen LogP contribution in [0.1, 0.15) is 23.5 Å². The summed E-state index contributed by atoms with van der Waals surface area (Å²) < 4.78 is 0. The monoisotopic (exact) mass is 223 g/mol. The third-order valence-corrected chi connectivity index (χ3v) is 3.39. The summed E-state index contributed by atoms with van der Waals surface area (Å²) in [6.45, 7) is 0. The molecule has 0 fully saturated rings. The lowest BCUT2D eigenvalue weighted by molar-refractivity contribution is -0.139. The molecular formula is C11H14NO2P. The number of hydrogen-bond donors (Lipinski definition) is 2. The molecule has 3 atom stereocenters. The minimum Gasteiger partial charge on any atom is -0.480 e. The molecule has 0 heterocycles. The van der Waals surface area contributed by atoms with Crippen LogP contribution in [0.4, 0.5) is 0 Å². The Morgan fingerprint density at radius 1 is 1.53 bits per heavy atom. The molecule has 0 radical (unpaired) electrons. The normalized spacial score (nSPS) is 21.0. The highest BCUT2D eigenvalue weighted by molar-refractivity contribution is 7.13. The molecule has 0 bridgehead atoms. The predicted molar refractivity (Wildman–Crippen MR) is 61.8 cm³/mol.